The molecule has 1 N–H and O–H groups in total. The van der Waals surface area contributed by atoms with Crippen molar-refractivity contribution in [1.29, 1.82) is 0 Å². The molecule has 1 fully saturated rings. The molecule has 4 nitrogen and oxygen atoms in total. The number of nitrogens with one attached hydrogen (secondary N) is 1. The Balaban J connectivity index is 1.62. The highest BCUT2D eigenvalue weighted by Crippen LogP contribution is 2.34. The van der Waals surface area contributed by atoms with Crippen molar-refractivity contribution >= 4 is 23.4 Å². The number of carbonyl (C=O) groups excluding carboxylic acids is 2. The van der Waals surface area contributed by atoms with Crippen molar-refractivity contribution in [2.24, 2.45) is 11.3 Å². The molecule has 0 spiro atoms. The monoisotopic (exact) mass is 428 g/mol. The molecule has 0 aliphatic heterocycles. The molecule has 1 saturated carbocycles. The average molecular weight is 429 g/mol. The van der Waals surface area contributed by atoms with Gasteiger partial charge in [0, 0.05) is 29.4 Å². The minimum Gasteiger partial charge on any atom is -0.342 e. The van der Waals surface area contributed by atoms with Crippen molar-refractivity contribution in [2.75, 3.05) is 7.05 Å². The van der Waals surface area contributed by atoms with Crippen molar-refractivity contribution in [2.45, 2.75) is 65.3 Å². The lowest BCUT2D eigenvalue weighted by Gasteiger charge is -2.39. The summed E-state index contributed by atoms with van der Waals surface area (Å²) < 4.78 is 0. The van der Waals surface area contributed by atoms with Crippen molar-refractivity contribution in [1.82, 2.24) is 10.2 Å². The van der Waals surface area contributed by atoms with Gasteiger partial charge in [0.2, 0.25) is 5.91 Å². The molecule has 1 aromatic rings. The van der Waals surface area contributed by atoms with Gasteiger partial charge in [-0.3, -0.25) is 9.59 Å². The second kappa shape index (κ2) is 9.38. The van der Waals surface area contributed by atoms with E-state index in [9.17, 15) is 9.59 Å². The van der Waals surface area contributed by atoms with Gasteiger partial charge in [-0.15, -0.1) is 0 Å². The minimum absolute atomic E-state index is 0.145. The number of benzene rings is 1. The summed E-state index contributed by atoms with van der Waals surface area (Å²) in [4.78, 5) is 27.8. The summed E-state index contributed by atoms with van der Waals surface area (Å²) in [7, 11) is 1.94. The topological polar surface area (TPSA) is 49.4 Å². The Morgan fingerprint density at radius 3 is 2.53 bits per heavy atom. The third-order valence-electron chi connectivity index (χ3n) is 6.82. The number of nitrogens with zero attached hydrogens (tertiary/aromatic N) is 1. The molecule has 0 heterocycles. The van der Waals surface area contributed by atoms with E-state index < -0.39 is 5.41 Å². The molecule has 162 valence electrons. The molecule has 0 bridgehead atoms. The van der Waals surface area contributed by atoms with Gasteiger partial charge in [-0.2, -0.15) is 0 Å². The minimum atomic E-state index is -0.581. The summed E-state index contributed by atoms with van der Waals surface area (Å²) >= 11 is 5.98. The summed E-state index contributed by atoms with van der Waals surface area (Å²) in [6.07, 6.45) is 12.6. The Morgan fingerprint density at radius 2 is 1.93 bits per heavy atom. The van der Waals surface area contributed by atoms with Crippen molar-refractivity contribution < 1.29 is 9.59 Å². The van der Waals surface area contributed by atoms with Crippen molar-refractivity contribution in [3.8, 4) is 0 Å². The fourth-order valence-corrected chi connectivity index (χ4v) is 4.81. The predicted molar refractivity (Wildman–Crippen MR) is 122 cm³/mol. The van der Waals surface area contributed by atoms with Crippen LogP contribution in [0.25, 0.3) is 0 Å². The fraction of sp³-hybridized carbons (Fsp3) is 0.520. The first kappa shape index (κ1) is 22.6. The Kier molecular flexibility index (Phi) is 7.07. The molecule has 30 heavy (non-hydrogen) atoms. The molecule has 5 heteroatoms. The van der Waals surface area contributed by atoms with E-state index in [4.69, 9.17) is 11.6 Å². The first-order chi connectivity index (χ1) is 14.2. The Labute approximate surface area is 185 Å². The molecule has 0 radical (unpaired) electrons. The number of carbonyl (C=O) groups is 2. The van der Waals surface area contributed by atoms with Crippen LogP contribution in [0.1, 0.15) is 68.3 Å². The number of halogens is 1. The first-order valence-electron chi connectivity index (χ1n) is 11.0. The first-order valence-corrected chi connectivity index (χ1v) is 11.3. The zero-order valence-electron chi connectivity index (χ0n) is 18.5. The van der Waals surface area contributed by atoms with E-state index >= 15 is 0 Å². The summed E-state index contributed by atoms with van der Waals surface area (Å²) in [5.74, 6) is 0.571. The summed E-state index contributed by atoms with van der Waals surface area (Å²) in [6.45, 7) is 6.03. The quantitative estimate of drug-likeness (QED) is 0.658. The SMILES string of the molecule is Cc1cc(Cl)ccc1C(=O)NC1=CCC(C)(C(=O)N(C)C(C)C2CCCCC2)C=C1. The summed E-state index contributed by atoms with van der Waals surface area (Å²) in [6, 6.07) is 5.48. The maximum atomic E-state index is 13.3. The van der Waals surface area contributed by atoms with Crippen LogP contribution in [-0.2, 0) is 4.79 Å². The number of aryl methyl sites for hydroxylation is 1. The van der Waals surface area contributed by atoms with Crippen LogP contribution in [0.5, 0.6) is 0 Å². The summed E-state index contributed by atoms with van der Waals surface area (Å²) in [5.41, 5.74) is 1.57. The molecular weight excluding hydrogens is 396 g/mol. The van der Waals surface area contributed by atoms with E-state index in [2.05, 4.69) is 12.2 Å². The van der Waals surface area contributed by atoms with Gasteiger partial charge >= 0.3 is 0 Å². The standard InChI is InChI=1S/C25H33ClN2O2/c1-17-16-20(26)10-11-22(17)23(29)27-21-12-14-25(3,15-13-21)24(30)28(4)18(2)19-8-6-5-7-9-19/h10-14,16,18-19H,5-9,15H2,1-4H3,(H,27,29). The Bertz CT molecular complexity index is 870. The number of amides is 2. The largest absolute Gasteiger partial charge is 0.342 e. The van der Waals surface area contributed by atoms with E-state index in [1.54, 1.807) is 18.2 Å². The maximum absolute atomic E-state index is 13.3. The number of rotatable bonds is 5. The number of hydrogen-bond acceptors (Lipinski definition) is 2. The van der Waals surface area contributed by atoms with Crippen LogP contribution >= 0.6 is 11.6 Å². The number of allylic oxidation sites excluding steroid dienone is 2. The fourth-order valence-electron chi connectivity index (χ4n) is 4.58. The van der Waals surface area contributed by atoms with Gasteiger partial charge in [-0.1, -0.05) is 43.0 Å². The molecule has 3 rings (SSSR count). The molecule has 1 aromatic carbocycles. The van der Waals surface area contributed by atoms with E-state index in [1.807, 2.05) is 44.0 Å². The van der Waals surface area contributed by atoms with Gasteiger partial charge < -0.3 is 10.2 Å². The van der Waals surface area contributed by atoms with Gasteiger partial charge in [-0.05, 0) is 75.8 Å². The Hall–Kier alpha value is -2.07. The van der Waals surface area contributed by atoms with Gasteiger partial charge in [-0.25, -0.2) is 0 Å². The normalized spacial score (nSPS) is 22.9. The lowest BCUT2D eigenvalue weighted by Crippen LogP contribution is -2.47. The Morgan fingerprint density at radius 1 is 1.23 bits per heavy atom. The third-order valence-corrected chi connectivity index (χ3v) is 7.05. The molecule has 2 amide bonds. The van der Waals surface area contributed by atoms with E-state index in [-0.39, 0.29) is 17.9 Å². The average Bonchev–Trinajstić information content (AvgIpc) is 2.74. The van der Waals surface area contributed by atoms with Gasteiger partial charge in [0.15, 0.2) is 0 Å². The molecule has 2 atom stereocenters. The molecule has 2 aliphatic carbocycles. The number of hydrogen-bond donors (Lipinski definition) is 1. The van der Waals surface area contributed by atoms with Crippen LogP contribution in [0, 0.1) is 18.3 Å². The maximum Gasteiger partial charge on any atom is 0.255 e. The highest BCUT2D eigenvalue weighted by molar-refractivity contribution is 6.30. The van der Waals surface area contributed by atoms with Gasteiger partial charge in [0.05, 0.1) is 5.41 Å². The van der Waals surface area contributed by atoms with Crippen LogP contribution in [-0.4, -0.2) is 29.8 Å². The lowest BCUT2D eigenvalue weighted by molar-refractivity contribution is -0.140. The van der Waals surface area contributed by atoms with E-state index in [0.717, 1.165) is 11.3 Å². The molecule has 2 aliphatic rings. The van der Waals surface area contributed by atoms with E-state index in [1.165, 1.54) is 32.1 Å². The predicted octanol–water partition coefficient (Wildman–Crippen LogP) is 5.66. The van der Waals surface area contributed by atoms with Crippen LogP contribution in [0.2, 0.25) is 5.02 Å². The van der Waals surface area contributed by atoms with Crippen molar-refractivity contribution in [3.63, 3.8) is 0 Å². The molecule has 0 aromatic heterocycles. The molecule has 0 saturated heterocycles. The van der Waals surface area contributed by atoms with Crippen LogP contribution < -0.4 is 5.32 Å². The lowest BCUT2D eigenvalue weighted by atomic mass is 9.79. The zero-order chi connectivity index (χ0) is 21.9. The van der Waals surface area contributed by atoms with Gasteiger partial charge in [0.25, 0.3) is 5.91 Å². The van der Waals surface area contributed by atoms with E-state index in [0.29, 0.717) is 22.9 Å². The highest BCUT2D eigenvalue weighted by atomic mass is 35.5. The van der Waals surface area contributed by atoms with Crippen LogP contribution in [0.3, 0.4) is 0 Å². The highest BCUT2D eigenvalue weighted by Gasteiger charge is 2.37. The smallest absolute Gasteiger partial charge is 0.255 e. The van der Waals surface area contributed by atoms with Crippen molar-refractivity contribution in [3.05, 3.63) is 58.3 Å². The van der Waals surface area contributed by atoms with Crippen LogP contribution in [0.15, 0.2) is 42.1 Å². The second-order valence-corrected chi connectivity index (χ2v) is 9.52. The molecular formula is C25H33ClN2O2. The summed E-state index contributed by atoms with van der Waals surface area (Å²) in [5, 5.41) is 3.56. The third kappa shape index (κ3) is 4.97. The second-order valence-electron chi connectivity index (χ2n) is 9.08. The van der Waals surface area contributed by atoms with Gasteiger partial charge in [0.1, 0.15) is 0 Å². The molecule has 2 unspecified atom stereocenters. The zero-order valence-corrected chi connectivity index (χ0v) is 19.3. The van der Waals surface area contributed by atoms with Crippen LogP contribution in [0.4, 0.5) is 0 Å².